The summed E-state index contributed by atoms with van der Waals surface area (Å²) >= 11 is 0. The number of esters is 1. The van der Waals surface area contributed by atoms with Crippen LogP contribution < -0.4 is 14.8 Å². The van der Waals surface area contributed by atoms with E-state index < -0.39 is 5.91 Å². The first-order chi connectivity index (χ1) is 14.9. The monoisotopic (exact) mass is 426 g/mol. The second kappa shape index (κ2) is 12.1. The Kier molecular flexibility index (Phi) is 9.58. The number of hydrogen-bond donors (Lipinski definition) is 1. The molecule has 1 fully saturated rings. The van der Waals surface area contributed by atoms with Gasteiger partial charge in [0.15, 0.2) is 11.5 Å². The maximum atomic E-state index is 12.7. The van der Waals surface area contributed by atoms with Crippen LogP contribution in [0.3, 0.4) is 0 Å². The van der Waals surface area contributed by atoms with Crippen molar-refractivity contribution in [1.29, 1.82) is 5.26 Å². The minimum atomic E-state index is -0.429. The fourth-order valence-electron chi connectivity index (χ4n) is 3.88. The largest absolute Gasteiger partial charge is 0.493 e. The summed E-state index contributed by atoms with van der Waals surface area (Å²) in [6, 6.07) is 6.86. The summed E-state index contributed by atoms with van der Waals surface area (Å²) in [5, 5.41) is 12.0. The van der Waals surface area contributed by atoms with Crippen LogP contribution >= 0.6 is 0 Å². The highest BCUT2D eigenvalue weighted by atomic mass is 16.6. The van der Waals surface area contributed by atoms with Gasteiger partial charge in [0.1, 0.15) is 11.6 Å². The molecule has 1 saturated carbocycles. The predicted octanol–water partition coefficient (Wildman–Crippen LogP) is 5.03. The molecule has 0 unspecified atom stereocenters. The maximum absolute atomic E-state index is 12.7. The van der Waals surface area contributed by atoms with Crippen LogP contribution in [0.5, 0.6) is 11.5 Å². The van der Waals surface area contributed by atoms with Crippen LogP contribution in [-0.2, 0) is 9.59 Å². The molecule has 1 aliphatic rings. The lowest BCUT2D eigenvalue weighted by molar-refractivity contribution is -0.140. The van der Waals surface area contributed by atoms with Crippen molar-refractivity contribution >= 4 is 18.0 Å². The van der Waals surface area contributed by atoms with Crippen molar-refractivity contribution in [3.8, 4) is 17.6 Å². The van der Waals surface area contributed by atoms with E-state index >= 15 is 0 Å². The third kappa shape index (κ3) is 7.43. The molecule has 0 saturated heterocycles. The van der Waals surface area contributed by atoms with Crippen molar-refractivity contribution in [3.05, 3.63) is 29.3 Å². The first-order valence-corrected chi connectivity index (χ1v) is 11.2. The van der Waals surface area contributed by atoms with Gasteiger partial charge in [0.2, 0.25) is 0 Å². The normalized spacial score (nSPS) is 18.9. The van der Waals surface area contributed by atoms with Crippen molar-refractivity contribution < 1.29 is 19.1 Å². The highest BCUT2D eigenvalue weighted by Crippen LogP contribution is 2.35. The van der Waals surface area contributed by atoms with Crippen LogP contribution in [0.2, 0.25) is 0 Å². The minimum Gasteiger partial charge on any atom is -0.493 e. The van der Waals surface area contributed by atoms with Crippen LogP contribution in [-0.4, -0.2) is 25.0 Å². The van der Waals surface area contributed by atoms with E-state index in [0.717, 1.165) is 31.6 Å². The average molecular weight is 427 g/mol. The highest BCUT2D eigenvalue weighted by Gasteiger charge is 2.28. The van der Waals surface area contributed by atoms with E-state index in [-0.39, 0.29) is 23.5 Å². The zero-order chi connectivity index (χ0) is 22.8. The third-order valence-electron chi connectivity index (χ3n) is 5.64. The number of methoxy groups -OCH3 is 1. The summed E-state index contributed by atoms with van der Waals surface area (Å²) in [6.07, 6.45) is 9.10. The topological polar surface area (TPSA) is 88.4 Å². The Labute approximate surface area is 185 Å². The van der Waals surface area contributed by atoms with Gasteiger partial charge in [0, 0.05) is 6.04 Å². The Morgan fingerprint density at radius 2 is 1.94 bits per heavy atom. The molecule has 31 heavy (non-hydrogen) atoms. The van der Waals surface area contributed by atoms with Crippen LogP contribution in [0.25, 0.3) is 6.08 Å². The minimum absolute atomic E-state index is 0.000306. The summed E-state index contributed by atoms with van der Waals surface area (Å²) in [7, 11) is 1.50. The molecule has 1 aromatic carbocycles. The van der Waals surface area contributed by atoms with E-state index in [1.807, 2.05) is 19.9 Å². The fourth-order valence-corrected chi connectivity index (χ4v) is 3.88. The Balaban J connectivity index is 2.05. The van der Waals surface area contributed by atoms with Crippen molar-refractivity contribution in [1.82, 2.24) is 5.32 Å². The van der Waals surface area contributed by atoms with Gasteiger partial charge in [-0.1, -0.05) is 32.3 Å². The van der Waals surface area contributed by atoms with Gasteiger partial charge in [-0.05, 0) is 69.2 Å². The van der Waals surface area contributed by atoms with Crippen LogP contribution in [0.15, 0.2) is 23.8 Å². The molecule has 6 nitrogen and oxygen atoms in total. The van der Waals surface area contributed by atoms with Crippen molar-refractivity contribution in [2.75, 3.05) is 7.11 Å². The van der Waals surface area contributed by atoms with Gasteiger partial charge in [-0.15, -0.1) is 0 Å². The molecule has 0 spiro atoms. The number of hydrogen-bond acceptors (Lipinski definition) is 5. The number of rotatable bonds is 9. The Hall–Kier alpha value is -2.81. The predicted molar refractivity (Wildman–Crippen MR) is 120 cm³/mol. The summed E-state index contributed by atoms with van der Waals surface area (Å²) in [4.78, 5) is 24.8. The number of nitrogens with zero attached hydrogens (tertiary/aromatic N) is 1. The van der Waals surface area contributed by atoms with E-state index in [4.69, 9.17) is 9.47 Å². The van der Waals surface area contributed by atoms with Gasteiger partial charge in [-0.2, -0.15) is 5.26 Å². The van der Waals surface area contributed by atoms with Crippen molar-refractivity contribution in [3.63, 3.8) is 0 Å². The molecule has 1 aromatic rings. The summed E-state index contributed by atoms with van der Waals surface area (Å²) in [6.45, 7) is 5.87. The lowest BCUT2D eigenvalue weighted by atomic mass is 9.80. The second-order valence-corrected chi connectivity index (χ2v) is 8.49. The van der Waals surface area contributed by atoms with E-state index in [2.05, 4.69) is 12.2 Å². The van der Waals surface area contributed by atoms with Gasteiger partial charge in [0.05, 0.1) is 13.0 Å². The van der Waals surface area contributed by atoms with E-state index in [1.165, 1.54) is 32.4 Å². The standard InChI is InChI=1S/C25H34N2O4/c1-5-6-7-18-8-11-20(12-9-18)25(29)31-22-13-10-19(15-23(22)30-4)14-21(16-26)24(28)27-17(2)3/h10,13-15,17-18,20H,5-9,11-12H2,1-4H3,(H,27,28)/b21-14+. The molecule has 0 heterocycles. The number of carbonyl (C=O) groups excluding carboxylic acids is 2. The number of benzene rings is 1. The summed E-state index contributed by atoms with van der Waals surface area (Å²) in [5.74, 6) is 0.744. The van der Waals surface area contributed by atoms with Crippen molar-refractivity contribution in [2.24, 2.45) is 11.8 Å². The molecule has 1 amide bonds. The molecular weight excluding hydrogens is 392 g/mol. The van der Waals surface area contributed by atoms with Crippen LogP contribution in [0.1, 0.15) is 71.3 Å². The lowest BCUT2D eigenvalue weighted by Crippen LogP contribution is -2.30. The fraction of sp³-hybridized carbons (Fsp3) is 0.560. The summed E-state index contributed by atoms with van der Waals surface area (Å²) < 4.78 is 11.0. The summed E-state index contributed by atoms with van der Waals surface area (Å²) in [5.41, 5.74) is 0.615. The van der Waals surface area contributed by atoms with Gasteiger partial charge in [0.25, 0.3) is 5.91 Å². The molecule has 0 radical (unpaired) electrons. The average Bonchev–Trinajstić information content (AvgIpc) is 2.76. The Bertz CT molecular complexity index is 830. The number of carbonyl (C=O) groups is 2. The highest BCUT2D eigenvalue weighted by molar-refractivity contribution is 6.01. The molecule has 0 aliphatic heterocycles. The smallest absolute Gasteiger partial charge is 0.314 e. The number of ether oxygens (including phenoxy) is 2. The zero-order valence-corrected chi connectivity index (χ0v) is 19.1. The second-order valence-electron chi connectivity index (χ2n) is 8.49. The van der Waals surface area contributed by atoms with Crippen LogP contribution in [0, 0.1) is 23.2 Å². The molecule has 6 heteroatoms. The lowest BCUT2D eigenvalue weighted by Gasteiger charge is -2.27. The van der Waals surface area contributed by atoms with Gasteiger partial charge >= 0.3 is 5.97 Å². The molecule has 168 valence electrons. The Morgan fingerprint density at radius 1 is 1.23 bits per heavy atom. The Morgan fingerprint density at radius 3 is 2.52 bits per heavy atom. The number of nitrogens with one attached hydrogen (secondary N) is 1. The van der Waals surface area contributed by atoms with Gasteiger partial charge < -0.3 is 14.8 Å². The van der Waals surface area contributed by atoms with Gasteiger partial charge in [-0.25, -0.2) is 0 Å². The maximum Gasteiger partial charge on any atom is 0.314 e. The molecule has 2 rings (SSSR count). The quantitative estimate of drug-likeness (QED) is 0.259. The van der Waals surface area contributed by atoms with E-state index in [1.54, 1.807) is 18.2 Å². The van der Waals surface area contributed by atoms with Crippen LogP contribution in [0.4, 0.5) is 0 Å². The molecule has 0 aromatic heterocycles. The molecular formula is C25H34N2O4. The van der Waals surface area contributed by atoms with E-state index in [0.29, 0.717) is 17.1 Å². The van der Waals surface area contributed by atoms with Crippen molar-refractivity contribution in [2.45, 2.75) is 71.8 Å². The number of unbranched alkanes of at least 4 members (excludes halogenated alkanes) is 1. The van der Waals surface area contributed by atoms with Gasteiger partial charge in [-0.3, -0.25) is 9.59 Å². The molecule has 1 aliphatic carbocycles. The molecule has 0 bridgehead atoms. The third-order valence-corrected chi connectivity index (χ3v) is 5.64. The molecule has 0 atom stereocenters. The first-order valence-electron chi connectivity index (χ1n) is 11.2. The SMILES string of the molecule is CCCCC1CCC(C(=O)Oc2ccc(/C=C(\C#N)C(=O)NC(C)C)cc2OC)CC1. The molecule has 1 N–H and O–H groups in total. The zero-order valence-electron chi connectivity index (χ0n) is 19.1. The number of amides is 1. The first kappa shape index (κ1) is 24.5. The number of nitriles is 1. The van der Waals surface area contributed by atoms with E-state index in [9.17, 15) is 14.9 Å².